The van der Waals surface area contributed by atoms with Crippen molar-refractivity contribution >= 4 is 30.0 Å². The van der Waals surface area contributed by atoms with Crippen LogP contribution in [-0.4, -0.2) is 49.7 Å². The maximum Gasteiger partial charge on any atom is 0.339 e. The molecule has 0 aliphatic carbocycles. The van der Waals surface area contributed by atoms with Crippen molar-refractivity contribution in [3.05, 3.63) is 29.3 Å². The summed E-state index contributed by atoms with van der Waals surface area (Å²) in [6.45, 7) is 8.72. The molecule has 0 aromatic heterocycles. The number of halogens is 1. The SMILES string of the molecule is CCOC(=O)c1ccc(N)cc1C(=O)OCCN(CC)CC.Cl. The lowest BCUT2D eigenvalue weighted by molar-refractivity contribution is 0.0441. The average Bonchev–Trinajstić information content (AvgIpc) is 2.51. The molecule has 0 saturated heterocycles. The van der Waals surface area contributed by atoms with Gasteiger partial charge in [-0.2, -0.15) is 0 Å². The van der Waals surface area contributed by atoms with Crippen molar-refractivity contribution in [1.29, 1.82) is 0 Å². The van der Waals surface area contributed by atoms with Gasteiger partial charge in [0.2, 0.25) is 0 Å². The van der Waals surface area contributed by atoms with Gasteiger partial charge >= 0.3 is 11.9 Å². The number of likely N-dealkylation sites (N-methyl/N-ethyl adjacent to an activating group) is 1. The summed E-state index contributed by atoms with van der Waals surface area (Å²) in [5.74, 6) is -1.12. The number of rotatable bonds is 8. The topological polar surface area (TPSA) is 81.9 Å². The van der Waals surface area contributed by atoms with E-state index in [9.17, 15) is 9.59 Å². The van der Waals surface area contributed by atoms with Crippen LogP contribution in [0, 0.1) is 0 Å². The molecule has 0 amide bonds. The molecule has 0 bridgehead atoms. The van der Waals surface area contributed by atoms with Crippen molar-refractivity contribution in [1.82, 2.24) is 4.90 Å². The van der Waals surface area contributed by atoms with Gasteiger partial charge in [0.1, 0.15) is 6.61 Å². The van der Waals surface area contributed by atoms with Crippen LogP contribution >= 0.6 is 12.4 Å². The predicted octanol–water partition coefficient (Wildman–Crippen LogP) is 2.37. The Hall–Kier alpha value is -1.79. The molecule has 0 aliphatic rings. The Balaban J connectivity index is 0.00000484. The number of ether oxygens (including phenoxy) is 2. The highest BCUT2D eigenvalue weighted by Gasteiger charge is 2.19. The molecule has 1 aromatic carbocycles. The summed E-state index contributed by atoms with van der Waals surface area (Å²) in [7, 11) is 0. The summed E-state index contributed by atoms with van der Waals surface area (Å²) in [5.41, 5.74) is 6.39. The Morgan fingerprint density at radius 3 is 2.22 bits per heavy atom. The molecule has 130 valence electrons. The lowest BCUT2D eigenvalue weighted by Gasteiger charge is -2.17. The first-order valence-corrected chi connectivity index (χ1v) is 7.49. The molecule has 7 heteroatoms. The molecule has 6 nitrogen and oxygen atoms in total. The standard InChI is InChI=1S/C16H24N2O4.ClH/c1-4-18(5-2)9-10-22-16(20)14-11-12(17)7-8-13(14)15(19)21-6-3;/h7-8,11H,4-6,9-10,17H2,1-3H3;1H. The molecule has 0 saturated carbocycles. The second kappa shape index (κ2) is 10.9. The lowest BCUT2D eigenvalue weighted by atomic mass is 10.1. The van der Waals surface area contributed by atoms with Crippen LogP contribution < -0.4 is 5.73 Å². The van der Waals surface area contributed by atoms with Crippen molar-refractivity contribution in [2.24, 2.45) is 0 Å². The third kappa shape index (κ3) is 6.46. The van der Waals surface area contributed by atoms with Crippen molar-refractivity contribution in [2.45, 2.75) is 20.8 Å². The maximum atomic E-state index is 12.2. The fourth-order valence-corrected chi connectivity index (χ4v) is 2.00. The third-order valence-corrected chi connectivity index (χ3v) is 3.29. The first-order valence-electron chi connectivity index (χ1n) is 7.49. The van der Waals surface area contributed by atoms with Gasteiger partial charge in [-0.1, -0.05) is 13.8 Å². The molecule has 0 heterocycles. The average molecular weight is 345 g/mol. The molecule has 1 rings (SSSR count). The Labute approximate surface area is 143 Å². The van der Waals surface area contributed by atoms with Crippen molar-refractivity contribution in [2.75, 3.05) is 38.6 Å². The van der Waals surface area contributed by atoms with E-state index in [-0.39, 0.29) is 36.7 Å². The minimum Gasteiger partial charge on any atom is -0.462 e. The molecular formula is C16H25ClN2O4. The fraction of sp³-hybridized carbons (Fsp3) is 0.500. The molecule has 0 radical (unpaired) electrons. The normalized spacial score (nSPS) is 10.1. The van der Waals surface area contributed by atoms with Gasteiger partial charge in [-0.25, -0.2) is 9.59 Å². The molecule has 2 N–H and O–H groups in total. The maximum absolute atomic E-state index is 12.2. The molecule has 0 unspecified atom stereocenters. The highest BCUT2D eigenvalue weighted by atomic mass is 35.5. The van der Waals surface area contributed by atoms with Gasteiger partial charge in [-0.15, -0.1) is 12.4 Å². The minimum atomic E-state index is -0.567. The Kier molecular flexibility index (Phi) is 10.0. The molecular weight excluding hydrogens is 320 g/mol. The molecule has 0 atom stereocenters. The van der Waals surface area contributed by atoms with Crippen LogP contribution in [0.5, 0.6) is 0 Å². The first kappa shape index (κ1) is 21.2. The second-order valence-electron chi connectivity index (χ2n) is 4.69. The molecule has 0 fully saturated rings. The monoisotopic (exact) mass is 344 g/mol. The highest BCUT2D eigenvalue weighted by molar-refractivity contribution is 6.03. The van der Waals surface area contributed by atoms with Crippen LogP contribution in [0.4, 0.5) is 5.69 Å². The summed E-state index contributed by atoms with van der Waals surface area (Å²) >= 11 is 0. The van der Waals surface area contributed by atoms with Crippen LogP contribution in [0.15, 0.2) is 18.2 Å². The van der Waals surface area contributed by atoms with Crippen LogP contribution in [0.3, 0.4) is 0 Å². The molecule has 0 aliphatic heterocycles. The third-order valence-electron chi connectivity index (χ3n) is 3.29. The first-order chi connectivity index (χ1) is 10.5. The Morgan fingerprint density at radius 2 is 1.65 bits per heavy atom. The van der Waals surface area contributed by atoms with Gasteiger partial charge in [-0.3, -0.25) is 0 Å². The number of carbonyl (C=O) groups excluding carboxylic acids is 2. The number of hydrogen-bond donors (Lipinski definition) is 1. The number of carbonyl (C=O) groups is 2. The van der Waals surface area contributed by atoms with Gasteiger partial charge in [0.25, 0.3) is 0 Å². The molecule has 1 aromatic rings. The van der Waals surface area contributed by atoms with E-state index in [0.29, 0.717) is 12.2 Å². The number of nitrogens with two attached hydrogens (primary N) is 1. The zero-order valence-electron chi connectivity index (χ0n) is 13.8. The van der Waals surface area contributed by atoms with E-state index in [1.807, 2.05) is 13.8 Å². The van der Waals surface area contributed by atoms with Gasteiger partial charge in [0, 0.05) is 12.2 Å². The number of hydrogen-bond acceptors (Lipinski definition) is 6. The summed E-state index contributed by atoms with van der Waals surface area (Å²) in [4.78, 5) is 26.2. The number of nitrogens with zero attached hydrogens (tertiary/aromatic N) is 1. The van der Waals surface area contributed by atoms with Gasteiger partial charge in [0.05, 0.1) is 17.7 Å². The fourth-order valence-electron chi connectivity index (χ4n) is 2.00. The van der Waals surface area contributed by atoms with E-state index in [2.05, 4.69) is 4.90 Å². The van der Waals surface area contributed by atoms with Gasteiger partial charge in [-0.05, 0) is 38.2 Å². The van der Waals surface area contributed by atoms with E-state index < -0.39 is 11.9 Å². The van der Waals surface area contributed by atoms with Crippen molar-refractivity contribution in [3.63, 3.8) is 0 Å². The quantitative estimate of drug-likeness (QED) is 0.576. The van der Waals surface area contributed by atoms with E-state index in [4.69, 9.17) is 15.2 Å². The Bertz CT molecular complexity index is 519. The van der Waals surface area contributed by atoms with Gasteiger partial charge in [0.15, 0.2) is 0 Å². The van der Waals surface area contributed by atoms with Crippen LogP contribution in [0.1, 0.15) is 41.5 Å². The summed E-state index contributed by atoms with van der Waals surface area (Å²) < 4.78 is 10.2. The zero-order chi connectivity index (χ0) is 16.5. The summed E-state index contributed by atoms with van der Waals surface area (Å²) in [5, 5.41) is 0. The molecule has 23 heavy (non-hydrogen) atoms. The smallest absolute Gasteiger partial charge is 0.339 e. The van der Waals surface area contributed by atoms with Gasteiger partial charge < -0.3 is 20.1 Å². The van der Waals surface area contributed by atoms with Crippen LogP contribution in [0.2, 0.25) is 0 Å². The number of esters is 2. The molecule has 0 spiro atoms. The number of benzene rings is 1. The van der Waals surface area contributed by atoms with Crippen LogP contribution in [0.25, 0.3) is 0 Å². The number of nitrogen functional groups attached to an aromatic ring is 1. The largest absolute Gasteiger partial charge is 0.462 e. The highest BCUT2D eigenvalue weighted by Crippen LogP contribution is 2.16. The van der Waals surface area contributed by atoms with E-state index >= 15 is 0 Å². The zero-order valence-corrected chi connectivity index (χ0v) is 14.6. The van der Waals surface area contributed by atoms with E-state index in [1.54, 1.807) is 13.0 Å². The second-order valence-corrected chi connectivity index (χ2v) is 4.69. The minimum absolute atomic E-state index is 0. The lowest BCUT2D eigenvalue weighted by Crippen LogP contribution is -2.28. The number of anilines is 1. The summed E-state index contributed by atoms with van der Waals surface area (Å²) in [6, 6.07) is 4.47. The van der Waals surface area contributed by atoms with E-state index in [1.165, 1.54) is 12.1 Å². The van der Waals surface area contributed by atoms with Crippen molar-refractivity contribution < 1.29 is 19.1 Å². The van der Waals surface area contributed by atoms with Crippen molar-refractivity contribution in [3.8, 4) is 0 Å². The summed E-state index contributed by atoms with van der Waals surface area (Å²) in [6.07, 6.45) is 0. The Morgan fingerprint density at radius 1 is 1.04 bits per heavy atom. The van der Waals surface area contributed by atoms with Crippen LogP contribution in [-0.2, 0) is 9.47 Å². The predicted molar refractivity (Wildman–Crippen MR) is 92.1 cm³/mol. The van der Waals surface area contributed by atoms with E-state index in [0.717, 1.165) is 13.1 Å².